The smallest absolute Gasteiger partial charge is 0.267 e. The van der Waals surface area contributed by atoms with E-state index in [-0.39, 0.29) is 11.6 Å². The number of nitro groups is 1. The van der Waals surface area contributed by atoms with E-state index in [1.807, 2.05) is 0 Å². The van der Waals surface area contributed by atoms with Crippen LogP contribution in [0.5, 0.6) is 0 Å². The summed E-state index contributed by atoms with van der Waals surface area (Å²) in [6, 6.07) is 4.26. The molecule has 1 aromatic carbocycles. The van der Waals surface area contributed by atoms with Crippen molar-refractivity contribution in [3.63, 3.8) is 0 Å². The van der Waals surface area contributed by atoms with Gasteiger partial charge in [-0.15, -0.1) is 0 Å². The van der Waals surface area contributed by atoms with Crippen molar-refractivity contribution in [3.8, 4) is 0 Å². The lowest BCUT2D eigenvalue weighted by molar-refractivity contribution is -0.385. The third-order valence-corrected chi connectivity index (χ3v) is 3.42. The van der Waals surface area contributed by atoms with E-state index in [2.05, 4.69) is 22.7 Å². The van der Waals surface area contributed by atoms with Gasteiger partial charge in [0.1, 0.15) is 0 Å². The first-order chi connectivity index (χ1) is 10.1. The zero-order valence-corrected chi connectivity index (χ0v) is 11.8. The molecule has 21 heavy (non-hydrogen) atoms. The van der Waals surface area contributed by atoms with Crippen molar-refractivity contribution in [2.24, 2.45) is 11.0 Å². The summed E-state index contributed by atoms with van der Waals surface area (Å²) in [5, 5.41) is 14.7. The second-order valence-electron chi connectivity index (χ2n) is 5.02. The van der Waals surface area contributed by atoms with Crippen LogP contribution in [-0.4, -0.2) is 17.0 Å². The molecule has 0 aromatic heterocycles. The fraction of sp³-hybridized carbons (Fsp3) is 0.333. The quantitative estimate of drug-likeness (QED) is 0.400. The Labute approximate surface area is 122 Å². The van der Waals surface area contributed by atoms with Gasteiger partial charge in [0.2, 0.25) is 0 Å². The number of carbonyl (C=O) groups excluding carboxylic acids is 1. The van der Waals surface area contributed by atoms with Crippen LogP contribution in [0.4, 0.5) is 5.69 Å². The molecule has 0 saturated carbocycles. The highest BCUT2D eigenvalue weighted by Crippen LogP contribution is 2.19. The molecule has 0 unspecified atom stereocenters. The number of benzene rings is 1. The summed E-state index contributed by atoms with van der Waals surface area (Å²) in [5.41, 5.74) is 3.28. The fourth-order valence-electron chi connectivity index (χ4n) is 2.22. The predicted octanol–water partition coefficient (Wildman–Crippen LogP) is 2.98. The van der Waals surface area contributed by atoms with E-state index in [4.69, 9.17) is 0 Å². The van der Waals surface area contributed by atoms with Crippen molar-refractivity contribution in [2.75, 3.05) is 0 Å². The largest absolute Gasteiger partial charge is 0.272 e. The van der Waals surface area contributed by atoms with E-state index in [0.29, 0.717) is 17.0 Å². The highest BCUT2D eigenvalue weighted by Gasteiger charge is 2.13. The van der Waals surface area contributed by atoms with Crippen LogP contribution in [0.1, 0.15) is 35.2 Å². The average Bonchev–Trinajstić information content (AvgIpc) is 2.47. The molecule has 1 aliphatic carbocycles. The molecule has 0 heterocycles. The minimum absolute atomic E-state index is 0.00374. The molecule has 1 atom stereocenters. The summed E-state index contributed by atoms with van der Waals surface area (Å²) in [7, 11) is 0. The lowest BCUT2D eigenvalue weighted by Gasteiger charge is -2.11. The van der Waals surface area contributed by atoms with Crippen LogP contribution in [-0.2, 0) is 0 Å². The van der Waals surface area contributed by atoms with Gasteiger partial charge in [0.25, 0.3) is 11.6 Å². The van der Waals surface area contributed by atoms with Crippen LogP contribution >= 0.6 is 0 Å². The predicted molar refractivity (Wildman–Crippen MR) is 80.3 cm³/mol. The normalized spacial score (nSPS) is 17.9. The molecule has 0 fully saturated rings. The highest BCUT2D eigenvalue weighted by atomic mass is 16.6. The minimum atomic E-state index is -0.467. The van der Waals surface area contributed by atoms with Gasteiger partial charge in [-0.25, -0.2) is 5.43 Å². The minimum Gasteiger partial charge on any atom is -0.267 e. The lowest BCUT2D eigenvalue weighted by atomic mass is 9.96. The second-order valence-corrected chi connectivity index (χ2v) is 5.02. The number of hydrazone groups is 1. The summed E-state index contributed by atoms with van der Waals surface area (Å²) in [5.74, 6) is -0.00973. The number of aryl methyl sites for hydroxylation is 1. The molecule has 1 aliphatic rings. The first kappa shape index (κ1) is 14.9. The molecule has 6 heteroatoms. The van der Waals surface area contributed by atoms with E-state index in [1.54, 1.807) is 13.1 Å². The third kappa shape index (κ3) is 3.98. The number of hydrogen-bond donors (Lipinski definition) is 1. The molecule has 1 amide bonds. The molecular formula is C15H17N3O3. The Morgan fingerprint density at radius 3 is 2.90 bits per heavy atom. The summed E-state index contributed by atoms with van der Waals surface area (Å²) >= 11 is 0. The summed E-state index contributed by atoms with van der Waals surface area (Å²) in [4.78, 5) is 22.2. The van der Waals surface area contributed by atoms with Crippen molar-refractivity contribution < 1.29 is 9.72 Å². The van der Waals surface area contributed by atoms with Crippen LogP contribution in [0.25, 0.3) is 0 Å². The summed E-state index contributed by atoms with van der Waals surface area (Å²) < 4.78 is 0. The fourth-order valence-corrected chi connectivity index (χ4v) is 2.22. The molecule has 0 bridgehead atoms. The van der Waals surface area contributed by atoms with Crippen LogP contribution in [0.3, 0.4) is 0 Å². The molecular weight excluding hydrogens is 270 g/mol. The van der Waals surface area contributed by atoms with Crippen LogP contribution in [0.15, 0.2) is 35.5 Å². The Bertz CT molecular complexity index is 608. The van der Waals surface area contributed by atoms with Gasteiger partial charge in [0, 0.05) is 23.4 Å². The maximum Gasteiger partial charge on any atom is 0.272 e. The number of nitrogens with zero attached hydrogens (tertiary/aromatic N) is 2. The topological polar surface area (TPSA) is 84.6 Å². The zero-order valence-electron chi connectivity index (χ0n) is 11.8. The third-order valence-electron chi connectivity index (χ3n) is 3.42. The first-order valence-electron chi connectivity index (χ1n) is 6.81. The number of rotatable bonds is 4. The van der Waals surface area contributed by atoms with Crippen LogP contribution in [0.2, 0.25) is 0 Å². The van der Waals surface area contributed by atoms with Crippen molar-refractivity contribution in [1.29, 1.82) is 0 Å². The SMILES string of the molecule is Cc1cc(C(=O)N/N=C\[C@H]2CC=CCC2)ccc1[N+](=O)[O-]. The Morgan fingerprint density at radius 1 is 1.48 bits per heavy atom. The van der Waals surface area contributed by atoms with E-state index < -0.39 is 4.92 Å². The summed E-state index contributed by atoms with van der Waals surface area (Å²) in [6.07, 6.45) is 9.01. The van der Waals surface area contributed by atoms with Gasteiger partial charge < -0.3 is 0 Å². The number of amides is 1. The van der Waals surface area contributed by atoms with Crippen molar-refractivity contribution in [3.05, 3.63) is 51.6 Å². The van der Waals surface area contributed by atoms with Gasteiger partial charge >= 0.3 is 0 Å². The van der Waals surface area contributed by atoms with Gasteiger partial charge in [-0.3, -0.25) is 14.9 Å². The van der Waals surface area contributed by atoms with Crippen molar-refractivity contribution >= 4 is 17.8 Å². The molecule has 0 aliphatic heterocycles. The molecule has 1 N–H and O–H groups in total. The Balaban J connectivity index is 1.97. The van der Waals surface area contributed by atoms with Gasteiger partial charge in [-0.2, -0.15) is 5.10 Å². The van der Waals surface area contributed by atoms with Gasteiger partial charge in [-0.05, 0) is 44.2 Å². The Kier molecular flexibility index (Phi) is 4.81. The van der Waals surface area contributed by atoms with Crippen molar-refractivity contribution in [2.45, 2.75) is 26.2 Å². The van der Waals surface area contributed by atoms with Gasteiger partial charge in [-0.1, -0.05) is 12.2 Å². The molecule has 1 aromatic rings. The van der Waals surface area contributed by atoms with Crippen LogP contribution in [0, 0.1) is 23.0 Å². The number of nitrogens with one attached hydrogen (secondary N) is 1. The van der Waals surface area contributed by atoms with Gasteiger partial charge in [0.05, 0.1) is 4.92 Å². The molecule has 0 radical (unpaired) electrons. The first-order valence-corrected chi connectivity index (χ1v) is 6.81. The molecule has 6 nitrogen and oxygen atoms in total. The second kappa shape index (κ2) is 6.78. The maximum atomic E-state index is 11.9. The number of allylic oxidation sites excluding steroid dienone is 2. The van der Waals surface area contributed by atoms with Crippen molar-refractivity contribution in [1.82, 2.24) is 5.43 Å². The average molecular weight is 287 g/mol. The number of nitro benzene ring substituents is 1. The van der Waals surface area contributed by atoms with Crippen LogP contribution < -0.4 is 5.43 Å². The lowest BCUT2D eigenvalue weighted by Crippen LogP contribution is -2.19. The monoisotopic (exact) mass is 287 g/mol. The van der Waals surface area contributed by atoms with Gasteiger partial charge in [0.15, 0.2) is 0 Å². The van der Waals surface area contributed by atoms with E-state index >= 15 is 0 Å². The summed E-state index contributed by atoms with van der Waals surface area (Å²) in [6.45, 7) is 1.60. The van der Waals surface area contributed by atoms with E-state index in [9.17, 15) is 14.9 Å². The zero-order chi connectivity index (χ0) is 15.2. The number of carbonyl (C=O) groups is 1. The molecule has 2 rings (SSSR count). The Morgan fingerprint density at radius 2 is 2.29 bits per heavy atom. The van der Waals surface area contributed by atoms with E-state index in [1.165, 1.54) is 18.2 Å². The van der Waals surface area contributed by atoms with E-state index in [0.717, 1.165) is 19.3 Å². The Hall–Kier alpha value is -2.50. The highest BCUT2D eigenvalue weighted by molar-refractivity contribution is 5.94. The molecule has 110 valence electrons. The number of hydrogen-bond acceptors (Lipinski definition) is 4. The molecule has 0 spiro atoms. The standard InChI is InChI=1S/C15H17N3O3/c1-11-9-13(7-8-14(11)18(20)21)15(19)17-16-10-12-5-3-2-4-6-12/h2-3,7-10,12H,4-6H2,1H3,(H,17,19)/b16-10-/t12-/m0/s1. The maximum absolute atomic E-state index is 11.9. The molecule has 0 saturated heterocycles.